The quantitative estimate of drug-likeness (QED) is 0.760. The zero-order valence-corrected chi connectivity index (χ0v) is 9.83. The number of nitrogens with zero attached hydrogens (tertiary/aromatic N) is 1. The maximum Gasteiger partial charge on any atom is 0.239 e. The Morgan fingerprint density at radius 1 is 1.47 bits per heavy atom. The van der Waals surface area contributed by atoms with E-state index >= 15 is 0 Å². The van der Waals surface area contributed by atoms with Crippen LogP contribution in [-0.4, -0.2) is 36.0 Å². The summed E-state index contributed by atoms with van der Waals surface area (Å²) in [7, 11) is 0. The van der Waals surface area contributed by atoms with Crippen molar-refractivity contribution in [3.63, 3.8) is 0 Å². The molecule has 1 aliphatic carbocycles. The predicted octanol–water partition coefficient (Wildman–Crippen LogP) is 1.39. The molecule has 0 spiro atoms. The van der Waals surface area contributed by atoms with Crippen molar-refractivity contribution in [1.82, 2.24) is 10.2 Å². The molecular weight excluding hydrogens is 188 g/mol. The van der Waals surface area contributed by atoms with Crippen molar-refractivity contribution in [2.45, 2.75) is 51.6 Å². The van der Waals surface area contributed by atoms with E-state index in [1.54, 1.807) is 0 Å². The Labute approximate surface area is 92.2 Å². The summed E-state index contributed by atoms with van der Waals surface area (Å²) in [6.45, 7) is 6.16. The van der Waals surface area contributed by atoms with E-state index in [0.29, 0.717) is 11.9 Å². The Morgan fingerprint density at radius 3 is 2.67 bits per heavy atom. The summed E-state index contributed by atoms with van der Waals surface area (Å²) in [5.74, 6) is 1.12. The van der Waals surface area contributed by atoms with Crippen LogP contribution in [-0.2, 0) is 4.79 Å². The van der Waals surface area contributed by atoms with Gasteiger partial charge in [-0.25, -0.2) is 0 Å². The van der Waals surface area contributed by atoms with Gasteiger partial charge in [-0.1, -0.05) is 13.3 Å². The average molecular weight is 210 g/mol. The number of likely N-dealkylation sites (tertiary alicyclic amines) is 1. The normalized spacial score (nSPS) is 31.7. The number of carbonyl (C=O) groups excluding carboxylic acids is 1. The third-order valence-corrected chi connectivity index (χ3v) is 3.70. The summed E-state index contributed by atoms with van der Waals surface area (Å²) < 4.78 is 0. The molecule has 1 amide bonds. The lowest BCUT2D eigenvalue weighted by molar-refractivity contribution is -0.132. The SMILES string of the molecule is CCC1CC1NC(C)C(=O)N1CCCC1. The summed E-state index contributed by atoms with van der Waals surface area (Å²) in [5.41, 5.74) is 0. The fourth-order valence-corrected chi connectivity index (χ4v) is 2.51. The average Bonchev–Trinajstić information content (AvgIpc) is 2.78. The van der Waals surface area contributed by atoms with Crippen LogP contribution < -0.4 is 5.32 Å². The molecule has 1 heterocycles. The van der Waals surface area contributed by atoms with E-state index in [9.17, 15) is 4.79 Å². The molecule has 0 bridgehead atoms. The number of nitrogens with one attached hydrogen (secondary N) is 1. The lowest BCUT2D eigenvalue weighted by Gasteiger charge is -2.21. The van der Waals surface area contributed by atoms with Gasteiger partial charge in [-0.3, -0.25) is 4.79 Å². The Balaban J connectivity index is 1.75. The van der Waals surface area contributed by atoms with Crippen molar-refractivity contribution < 1.29 is 4.79 Å². The second-order valence-corrected chi connectivity index (χ2v) is 4.93. The Hall–Kier alpha value is -0.570. The monoisotopic (exact) mass is 210 g/mol. The fraction of sp³-hybridized carbons (Fsp3) is 0.917. The Bertz CT molecular complexity index is 236. The van der Waals surface area contributed by atoms with Gasteiger partial charge in [-0.2, -0.15) is 0 Å². The first kappa shape index (κ1) is 10.9. The van der Waals surface area contributed by atoms with E-state index < -0.39 is 0 Å². The minimum atomic E-state index is 0.0182. The number of hydrogen-bond donors (Lipinski definition) is 1. The van der Waals surface area contributed by atoms with Gasteiger partial charge in [0.15, 0.2) is 0 Å². The molecule has 0 aromatic heterocycles. The second kappa shape index (κ2) is 4.52. The van der Waals surface area contributed by atoms with Crippen molar-refractivity contribution in [2.24, 2.45) is 5.92 Å². The van der Waals surface area contributed by atoms with Gasteiger partial charge in [0.1, 0.15) is 0 Å². The summed E-state index contributed by atoms with van der Waals surface area (Å²) in [6.07, 6.45) is 4.86. The highest BCUT2D eigenvalue weighted by Crippen LogP contribution is 2.33. The highest BCUT2D eigenvalue weighted by Gasteiger charge is 2.37. The molecule has 1 aliphatic heterocycles. The van der Waals surface area contributed by atoms with Crippen LogP contribution >= 0.6 is 0 Å². The minimum Gasteiger partial charge on any atom is -0.341 e. The lowest BCUT2D eigenvalue weighted by atomic mass is 10.2. The van der Waals surface area contributed by atoms with Crippen LogP contribution in [0.15, 0.2) is 0 Å². The van der Waals surface area contributed by atoms with Gasteiger partial charge in [0.05, 0.1) is 6.04 Å². The van der Waals surface area contributed by atoms with Crippen LogP contribution in [0, 0.1) is 5.92 Å². The molecule has 0 aromatic rings. The molecule has 15 heavy (non-hydrogen) atoms. The highest BCUT2D eigenvalue weighted by molar-refractivity contribution is 5.81. The fourth-order valence-electron chi connectivity index (χ4n) is 2.51. The molecule has 1 N–H and O–H groups in total. The second-order valence-electron chi connectivity index (χ2n) is 4.93. The van der Waals surface area contributed by atoms with Crippen LogP contribution in [0.25, 0.3) is 0 Å². The van der Waals surface area contributed by atoms with Crippen molar-refractivity contribution in [2.75, 3.05) is 13.1 Å². The van der Waals surface area contributed by atoms with E-state index in [0.717, 1.165) is 19.0 Å². The van der Waals surface area contributed by atoms with Gasteiger partial charge in [-0.05, 0) is 32.1 Å². The standard InChI is InChI=1S/C12H22N2O/c1-3-10-8-11(10)13-9(2)12(15)14-6-4-5-7-14/h9-11,13H,3-8H2,1-2H3. The zero-order chi connectivity index (χ0) is 10.8. The molecule has 1 saturated carbocycles. The third kappa shape index (κ3) is 2.51. The molecule has 2 aliphatic rings. The molecule has 86 valence electrons. The smallest absolute Gasteiger partial charge is 0.239 e. The van der Waals surface area contributed by atoms with Crippen LogP contribution in [0.3, 0.4) is 0 Å². The van der Waals surface area contributed by atoms with Crippen LogP contribution in [0.2, 0.25) is 0 Å². The molecule has 3 atom stereocenters. The molecule has 2 fully saturated rings. The first-order chi connectivity index (χ1) is 7.22. The van der Waals surface area contributed by atoms with Crippen molar-refractivity contribution in [1.29, 1.82) is 0 Å². The molecule has 3 unspecified atom stereocenters. The van der Waals surface area contributed by atoms with E-state index in [1.165, 1.54) is 25.7 Å². The molecule has 2 rings (SSSR count). The van der Waals surface area contributed by atoms with Crippen LogP contribution in [0.1, 0.15) is 39.5 Å². The largest absolute Gasteiger partial charge is 0.341 e. The number of carbonyl (C=O) groups is 1. The predicted molar refractivity (Wildman–Crippen MR) is 60.6 cm³/mol. The highest BCUT2D eigenvalue weighted by atomic mass is 16.2. The first-order valence-corrected chi connectivity index (χ1v) is 6.27. The molecule has 3 heteroatoms. The Morgan fingerprint density at radius 2 is 2.13 bits per heavy atom. The van der Waals surface area contributed by atoms with Gasteiger partial charge in [0, 0.05) is 19.1 Å². The third-order valence-electron chi connectivity index (χ3n) is 3.70. The van der Waals surface area contributed by atoms with Crippen LogP contribution in [0.5, 0.6) is 0 Å². The molecule has 3 nitrogen and oxygen atoms in total. The number of rotatable bonds is 4. The Kier molecular flexibility index (Phi) is 3.29. The lowest BCUT2D eigenvalue weighted by Crippen LogP contribution is -2.44. The zero-order valence-electron chi connectivity index (χ0n) is 9.83. The molecule has 0 radical (unpaired) electrons. The first-order valence-electron chi connectivity index (χ1n) is 6.27. The van der Waals surface area contributed by atoms with Crippen LogP contribution in [0.4, 0.5) is 0 Å². The number of hydrogen-bond acceptors (Lipinski definition) is 2. The van der Waals surface area contributed by atoms with Gasteiger partial charge in [0.25, 0.3) is 0 Å². The van der Waals surface area contributed by atoms with Gasteiger partial charge in [0.2, 0.25) is 5.91 Å². The summed E-state index contributed by atoms with van der Waals surface area (Å²) in [4.78, 5) is 14.0. The van der Waals surface area contributed by atoms with Crippen molar-refractivity contribution in [3.8, 4) is 0 Å². The minimum absolute atomic E-state index is 0.0182. The van der Waals surface area contributed by atoms with E-state index in [2.05, 4.69) is 12.2 Å². The number of amides is 1. The summed E-state index contributed by atoms with van der Waals surface area (Å²) in [6, 6.07) is 0.626. The van der Waals surface area contributed by atoms with Gasteiger partial charge in [-0.15, -0.1) is 0 Å². The van der Waals surface area contributed by atoms with Gasteiger partial charge < -0.3 is 10.2 Å². The van der Waals surface area contributed by atoms with E-state index in [1.807, 2.05) is 11.8 Å². The van der Waals surface area contributed by atoms with Crippen molar-refractivity contribution >= 4 is 5.91 Å². The summed E-state index contributed by atoms with van der Waals surface area (Å²) in [5, 5.41) is 3.44. The molecule has 0 aromatic carbocycles. The van der Waals surface area contributed by atoms with Gasteiger partial charge >= 0.3 is 0 Å². The van der Waals surface area contributed by atoms with E-state index in [-0.39, 0.29) is 6.04 Å². The maximum atomic E-state index is 12.0. The van der Waals surface area contributed by atoms with E-state index in [4.69, 9.17) is 0 Å². The summed E-state index contributed by atoms with van der Waals surface area (Å²) >= 11 is 0. The van der Waals surface area contributed by atoms with Crippen molar-refractivity contribution in [3.05, 3.63) is 0 Å². The molecular formula is C12H22N2O. The molecule has 1 saturated heterocycles. The maximum absolute atomic E-state index is 12.0. The topological polar surface area (TPSA) is 32.3 Å².